The highest BCUT2D eigenvalue weighted by atomic mass is 32.2. The summed E-state index contributed by atoms with van der Waals surface area (Å²) in [5, 5.41) is 24.9. The summed E-state index contributed by atoms with van der Waals surface area (Å²) in [5.74, 6) is -1.72. The zero-order valence-corrected chi connectivity index (χ0v) is 16.5. The van der Waals surface area contributed by atoms with Gasteiger partial charge in [0.2, 0.25) is 6.61 Å². The predicted molar refractivity (Wildman–Crippen MR) is 105 cm³/mol. The van der Waals surface area contributed by atoms with Gasteiger partial charge in [0.05, 0.1) is 0 Å². The third-order valence-corrected chi connectivity index (χ3v) is 5.91. The van der Waals surface area contributed by atoms with E-state index < -0.39 is 41.8 Å². The first-order valence-electron chi connectivity index (χ1n) is 8.06. The number of terminal acetylenes is 1. The minimum atomic E-state index is -1.34. The van der Waals surface area contributed by atoms with Crippen LogP contribution in [0.5, 0.6) is 0 Å². The van der Waals surface area contributed by atoms with Gasteiger partial charge < -0.3 is 26.1 Å². The van der Waals surface area contributed by atoms with Crippen molar-refractivity contribution in [2.75, 3.05) is 18.1 Å². The summed E-state index contributed by atoms with van der Waals surface area (Å²) in [6.45, 7) is -0.799. The monoisotopic (exact) mass is 451 g/mol. The summed E-state index contributed by atoms with van der Waals surface area (Å²) in [4.78, 5) is 56.9. The number of rotatable bonds is 7. The molecule has 30 heavy (non-hydrogen) atoms. The fraction of sp³-hybridized carbons (Fsp3) is 0.250. The Kier molecular flexibility index (Phi) is 5.94. The Morgan fingerprint density at radius 3 is 2.77 bits per heavy atom. The second-order valence-electron chi connectivity index (χ2n) is 5.82. The van der Waals surface area contributed by atoms with Gasteiger partial charge in [0.15, 0.2) is 10.8 Å². The summed E-state index contributed by atoms with van der Waals surface area (Å²) in [7, 11) is 0. The van der Waals surface area contributed by atoms with Crippen molar-refractivity contribution in [3.05, 3.63) is 22.3 Å². The van der Waals surface area contributed by atoms with Gasteiger partial charge in [-0.15, -0.1) is 29.5 Å². The number of nitrogens with zero attached hydrogens (tertiary/aromatic N) is 3. The van der Waals surface area contributed by atoms with E-state index in [-0.39, 0.29) is 33.6 Å². The molecule has 0 bridgehead atoms. The van der Waals surface area contributed by atoms with Gasteiger partial charge in [-0.2, -0.15) is 0 Å². The van der Waals surface area contributed by atoms with E-state index in [9.17, 15) is 24.3 Å². The summed E-state index contributed by atoms with van der Waals surface area (Å²) in [6, 6.07) is -1.04. The van der Waals surface area contributed by atoms with Crippen molar-refractivity contribution in [2.24, 2.45) is 5.16 Å². The molecule has 3 rings (SSSR count). The number of nitrogens with two attached hydrogens (primary N) is 1. The maximum atomic E-state index is 12.7. The molecule has 1 saturated heterocycles. The number of hydrogen-bond acceptors (Lipinski definition) is 10. The van der Waals surface area contributed by atoms with E-state index in [4.69, 9.17) is 17.3 Å². The number of carbonyl (C=O) groups excluding carboxylic acids is 2. The smallest absolute Gasteiger partial charge is 0.353 e. The lowest BCUT2D eigenvalue weighted by molar-refractivity contribution is -0.150. The summed E-state index contributed by atoms with van der Waals surface area (Å²) >= 11 is 2.22. The van der Waals surface area contributed by atoms with E-state index >= 15 is 0 Å². The first kappa shape index (κ1) is 21.1. The maximum absolute atomic E-state index is 12.7. The third kappa shape index (κ3) is 3.93. The molecule has 0 spiro atoms. The molecular weight excluding hydrogens is 438 g/mol. The molecule has 14 heteroatoms. The number of β-lactam (4-membered cyclic amide) rings is 1. The second-order valence-corrected chi connectivity index (χ2v) is 7.81. The molecular formula is C16H13N5O7S2. The third-order valence-electron chi connectivity index (χ3n) is 3.96. The van der Waals surface area contributed by atoms with Crippen LogP contribution in [-0.2, 0) is 24.0 Å². The molecule has 1 aromatic rings. The highest BCUT2D eigenvalue weighted by molar-refractivity contribution is 8.00. The van der Waals surface area contributed by atoms with E-state index in [1.807, 2.05) is 0 Å². The fourth-order valence-corrected chi connectivity index (χ4v) is 4.53. The van der Waals surface area contributed by atoms with E-state index in [0.717, 1.165) is 16.2 Å². The predicted octanol–water partition coefficient (Wildman–Crippen LogP) is -1.10. The maximum Gasteiger partial charge on any atom is 0.353 e. The van der Waals surface area contributed by atoms with Gasteiger partial charge in [0, 0.05) is 16.7 Å². The van der Waals surface area contributed by atoms with E-state index in [1.54, 1.807) is 0 Å². The van der Waals surface area contributed by atoms with Gasteiger partial charge in [-0.05, 0) is 0 Å². The van der Waals surface area contributed by atoms with Gasteiger partial charge in [-0.25, -0.2) is 14.6 Å². The number of amides is 2. The molecule has 3 heterocycles. The Hall–Kier alpha value is -3.57. The Morgan fingerprint density at radius 1 is 1.47 bits per heavy atom. The van der Waals surface area contributed by atoms with Gasteiger partial charge in [-0.3, -0.25) is 14.5 Å². The highest BCUT2D eigenvalue weighted by Gasteiger charge is 2.54. The highest BCUT2D eigenvalue weighted by Crippen LogP contribution is 2.40. The number of anilines is 1. The van der Waals surface area contributed by atoms with Crippen LogP contribution in [0.15, 0.2) is 21.8 Å². The standard InChI is InChI=1S/C16H13N5O7S2/c1-2-6-4-29-14-10(13(25)21(14)11(6)15(26)27)19-12(24)9(20-28-3-8(22)23)7-5-30-16(17)18-7/h1,5,10,14H,3-4H2,(H2,17,18)(H,19,24)(H,22,23)(H,26,27)/t10?,14-/m1/s1. The van der Waals surface area contributed by atoms with Crippen LogP contribution < -0.4 is 11.1 Å². The van der Waals surface area contributed by atoms with Crippen LogP contribution in [0.25, 0.3) is 0 Å². The summed E-state index contributed by atoms with van der Waals surface area (Å²) in [6.07, 6.45) is 5.32. The van der Waals surface area contributed by atoms with Gasteiger partial charge in [-0.1, -0.05) is 11.1 Å². The zero-order valence-electron chi connectivity index (χ0n) is 14.9. The van der Waals surface area contributed by atoms with Crippen LogP contribution in [0.4, 0.5) is 5.13 Å². The van der Waals surface area contributed by atoms with E-state index in [0.29, 0.717) is 0 Å². The molecule has 2 aliphatic rings. The number of aliphatic carboxylic acids is 2. The average molecular weight is 451 g/mol. The van der Waals surface area contributed by atoms with Crippen LogP contribution >= 0.6 is 23.1 Å². The van der Waals surface area contributed by atoms with Gasteiger partial charge in [0.1, 0.15) is 22.8 Å². The van der Waals surface area contributed by atoms with Crippen LogP contribution in [-0.4, -0.2) is 73.3 Å². The molecule has 1 unspecified atom stereocenters. The number of fused-ring (bicyclic) bond motifs is 1. The number of nitrogen functional groups attached to an aromatic ring is 1. The SMILES string of the molecule is C#CC1=C(C(=O)O)N2C(=O)C(NC(=O)C(=NOCC(=O)O)c3csc(N)n3)[C@H]2SC1. The van der Waals surface area contributed by atoms with Crippen LogP contribution in [0.2, 0.25) is 0 Å². The number of carbonyl (C=O) groups is 4. The number of oxime groups is 1. The molecule has 2 atom stereocenters. The Bertz CT molecular complexity index is 1040. The molecule has 12 nitrogen and oxygen atoms in total. The van der Waals surface area contributed by atoms with Crippen molar-refractivity contribution in [2.45, 2.75) is 11.4 Å². The first-order valence-corrected chi connectivity index (χ1v) is 9.99. The molecule has 1 fully saturated rings. The van der Waals surface area contributed by atoms with Crippen LogP contribution in [0.1, 0.15) is 5.69 Å². The molecule has 0 radical (unpaired) electrons. The molecule has 156 valence electrons. The van der Waals surface area contributed by atoms with E-state index in [2.05, 4.69) is 26.2 Å². The van der Waals surface area contributed by atoms with Crippen molar-refractivity contribution in [3.8, 4) is 12.3 Å². The largest absolute Gasteiger partial charge is 0.479 e. The molecule has 1 aromatic heterocycles. The Labute approximate surface area is 176 Å². The number of carboxylic acid groups (broad SMARTS) is 2. The Morgan fingerprint density at radius 2 is 2.20 bits per heavy atom. The minimum Gasteiger partial charge on any atom is -0.479 e. The lowest BCUT2D eigenvalue weighted by atomic mass is 10.0. The summed E-state index contributed by atoms with van der Waals surface area (Å²) < 4.78 is 0. The van der Waals surface area contributed by atoms with Crippen molar-refractivity contribution in [3.63, 3.8) is 0 Å². The quantitative estimate of drug-likeness (QED) is 0.172. The molecule has 5 N–H and O–H groups in total. The number of carboxylic acids is 2. The lowest BCUT2D eigenvalue weighted by Gasteiger charge is -2.48. The zero-order chi connectivity index (χ0) is 22.0. The number of thioether (sulfide) groups is 1. The van der Waals surface area contributed by atoms with Crippen LogP contribution in [0, 0.1) is 12.3 Å². The van der Waals surface area contributed by atoms with Crippen molar-refractivity contribution in [1.82, 2.24) is 15.2 Å². The van der Waals surface area contributed by atoms with Gasteiger partial charge >= 0.3 is 11.9 Å². The topological polar surface area (TPSA) is 185 Å². The average Bonchev–Trinajstić information content (AvgIpc) is 3.13. The number of nitrogens with one attached hydrogen (secondary N) is 1. The van der Waals surface area contributed by atoms with Crippen molar-refractivity contribution < 1.29 is 34.2 Å². The number of aromatic nitrogens is 1. The number of thiazole rings is 1. The van der Waals surface area contributed by atoms with E-state index in [1.165, 1.54) is 17.1 Å². The molecule has 2 amide bonds. The molecule has 0 saturated carbocycles. The first-order chi connectivity index (χ1) is 14.2. The van der Waals surface area contributed by atoms with Crippen molar-refractivity contribution in [1.29, 1.82) is 0 Å². The van der Waals surface area contributed by atoms with Crippen molar-refractivity contribution >= 4 is 57.7 Å². The molecule has 0 aliphatic carbocycles. The van der Waals surface area contributed by atoms with Crippen LogP contribution in [0.3, 0.4) is 0 Å². The number of hydrogen-bond donors (Lipinski definition) is 4. The Balaban J connectivity index is 1.80. The molecule has 0 aromatic carbocycles. The summed E-state index contributed by atoms with van der Waals surface area (Å²) in [5.41, 5.74) is 5.09. The lowest BCUT2D eigenvalue weighted by Crippen LogP contribution is -2.71. The second kappa shape index (κ2) is 8.43. The minimum absolute atomic E-state index is 0.0288. The fourth-order valence-electron chi connectivity index (χ4n) is 2.69. The molecule has 2 aliphatic heterocycles. The van der Waals surface area contributed by atoms with Gasteiger partial charge in [0.25, 0.3) is 11.8 Å². The normalized spacial score (nSPS) is 20.7.